The zero-order valence-corrected chi connectivity index (χ0v) is 11.8. The van der Waals surface area contributed by atoms with Crippen LogP contribution in [-0.2, 0) is 6.61 Å². The molecule has 1 N–H and O–H groups in total. The standard InChI is InChI=1S/C14H17FN4O2/c1-19-7-6-16-8-11(19)14-17-13(21-18-14)9-20-12-5-3-2-4-10(12)15/h2-5,11,16H,6-9H2,1H3. The summed E-state index contributed by atoms with van der Waals surface area (Å²) in [6.45, 7) is 2.72. The zero-order chi connectivity index (χ0) is 14.7. The molecule has 1 aromatic heterocycles. The Labute approximate surface area is 121 Å². The van der Waals surface area contributed by atoms with Crippen LogP contribution < -0.4 is 10.1 Å². The highest BCUT2D eigenvalue weighted by Crippen LogP contribution is 2.19. The second-order valence-electron chi connectivity index (χ2n) is 4.97. The van der Waals surface area contributed by atoms with E-state index in [1.54, 1.807) is 18.2 Å². The fourth-order valence-electron chi connectivity index (χ4n) is 2.26. The van der Waals surface area contributed by atoms with Crippen LogP contribution in [0.25, 0.3) is 0 Å². The van der Waals surface area contributed by atoms with Gasteiger partial charge in [-0.15, -0.1) is 0 Å². The van der Waals surface area contributed by atoms with Gasteiger partial charge in [0.05, 0.1) is 6.04 Å². The van der Waals surface area contributed by atoms with Gasteiger partial charge in [0.15, 0.2) is 24.0 Å². The number of likely N-dealkylation sites (N-methyl/N-ethyl adjacent to an activating group) is 1. The fraction of sp³-hybridized carbons (Fsp3) is 0.429. The van der Waals surface area contributed by atoms with Crippen LogP contribution in [0.5, 0.6) is 5.75 Å². The number of nitrogens with zero attached hydrogens (tertiary/aromatic N) is 3. The van der Waals surface area contributed by atoms with Gasteiger partial charge in [-0.1, -0.05) is 17.3 Å². The maximum Gasteiger partial charge on any atom is 0.264 e. The number of rotatable bonds is 4. The van der Waals surface area contributed by atoms with Crippen molar-refractivity contribution in [2.24, 2.45) is 0 Å². The maximum atomic E-state index is 13.4. The molecule has 2 heterocycles. The van der Waals surface area contributed by atoms with Gasteiger partial charge < -0.3 is 14.6 Å². The van der Waals surface area contributed by atoms with Crippen LogP contribution in [0.15, 0.2) is 28.8 Å². The molecule has 2 aromatic rings. The van der Waals surface area contributed by atoms with Crippen molar-refractivity contribution in [2.75, 3.05) is 26.7 Å². The lowest BCUT2D eigenvalue weighted by atomic mass is 10.2. The molecule has 7 heteroatoms. The first kappa shape index (κ1) is 14.0. The van der Waals surface area contributed by atoms with Crippen LogP contribution in [0, 0.1) is 5.82 Å². The molecule has 1 fully saturated rings. The van der Waals surface area contributed by atoms with Crippen molar-refractivity contribution in [3.8, 4) is 5.75 Å². The summed E-state index contributed by atoms with van der Waals surface area (Å²) in [5.41, 5.74) is 0. The number of hydrogen-bond donors (Lipinski definition) is 1. The quantitative estimate of drug-likeness (QED) is 0.918. The molecular weight excluding hydrogens is 275 g/mol. The Kier molecular flexibility index (Phi) is 4.12. The molecule has 1 aliphatic rings. The van der Waals surface area contributed by atoms with Crippen molar-refractivity contribution in [1.82, 2.24) is 20.4 Å². The number of piperazine rings is 1. The molecule has 1 unspecified atom stereocenters. The predicted octanol–water partition coefficient (Wildman–Crippen LogP) is 1.36. The highest BCUT2D eigenvalue weighted by molar-refractivity contribution is 5.23. The van der Waals surface area contributed by atoms with Gasteiger partial charge in [0, 0.05) is 19.6 Å². The summed E-state index contributed by atoms with van der Waals surface area (Å²) in [7, 11) is 2.03. The zero-order valence-electron chi connectivity index (χ0n) is 11.8. The van der Waals surface area contributed by atoms with Crippen LogP contribution >= 0.6 is 0 Å². The number of benzene rings is 1. The summed E-state index contributed by atoms with van der Waals surface area (Å²) in [6.07, 6.45) is 0. The van der Waals surface area contributed by atoms with Gasteiger partial charge in [0.2, 0.25) is 0 Å². The Morgan fingerprint density at radius 3 is 3.14 bits per heavy atom. The van der Waals surface area contributed by atoms with E-state index in [1.807, 2.05) is 7.05 Å². The van der Waals surface area contributed by atoms with Gasteiger partial charge in [-0.3, -0.25) is 4.90 Å². The smallest absolute Gasteiger partial charge is 0.264 e. The van der Waals surface area contributed by atoms with Gasteiger partial charge in [-0.05, 0) is 19.2 Å². The Morgan fingerprint density at radius 1 is 1.48 bits per heavy atom. The highest BCUT2D eigenvalue weighted by atomic mass is 19.1. The van der Waals surface area contributed by atoms with E-state index in [9.17, 15) is 4.39 Å². The molecule has 112 valence electrons. The summed E-state index contributed by atoms with van der Waals surface area (Å²) < 4.78 is 23.9. The van der Waals surface area contributed by atoms with E-state index in [2.05, 4.69) is 20.4 Å². The normalized spacial score (nSPS) is 19.6. The van der Waals surface area contributed by atoms with Gasteiger partial charge in [0.1, 0.15) is 0 Å². The molecular formula is C14H17FN4O2. The molecule has 1 aliphatic heterocycles. The third-order valence-corrected chi connectivity index (χ3v) is 3.48. The first-order chi connectivity index (χ1) is 10.2. The first-order valence-electron chi connectivity index (χ1n) is 6.85. The molecule has 1 atom stereocenters. The van der Waals surface area contributed by atoms with Gasteiger partial charge in [-0.25, -0.2) is 4.39 Å². The first-order valence-corrected chi connectivity index (χ1v) is 6.85. The molecule has 1 saturated heterocycles. The van der Waals surface area contributed by atoms with Crippen molar-refractivity contribution >= 4 is 0 Å². The number of nitrogens with one attached hydrogen (secondary N) is 1. The Bertz CT molecular complexity index is 604. The largest absolute Gasteiger partial charge is 0.481 e. The van der Waals surface area contributed by atoms with Crippen LogP contribution in [-0.4, -0.2) is 41.7 Å². The lowest BCUT2D eigenvalue weighted by Gasteiger charge is -2.30. The number of ether oxygens (including phenoxy) is 1. The average Bonchev–Trinajstić information content (AvgIpc) is 2.96. The van der Waals surface area contributed by atoms with E-state index in [0.717, 1.165) is 19.6 Å². The Morgan fingerprint density at radius 2 is 2.33 bits per heavy atom. The maximum absolute atomic E-state index is 13.4. The fourth-order valence-corrected chi connectivity index (χ4v) is 2.26. The third kappa shape index (κ3) is 3.20. The monoisotopic (exact) mass is 292 g/mol. The van der Waals surface area contributed by atoms with Crippen molar-refractivity contribution in [3.05, 3.63) is 41.8 Å². The lowest BCUT2D eigenvalue weighted by Crippen LogP contribution is -2.44. The van der Waals surface area contributed by atoms with Gasteiger partial charge >= 0.3 is 0 Å². The average molecular weight is 292 g/mol. The number of aromatic nitrogens is 2. The van der Waals surface area contributed by atoms with E-state index in [1.165, 1.54) is 6.07 Å². The summed E-state index contributed by atoms with van der Waals surface area (Å²) in [4.78, 5) is 6.49. The number of hydrogen-bond acceptors (Lipinski definition) is 6. The van der Waals surface area contributed by atoms with E-state index < -0.39 is 5.82 Å². The third-order valence-electron chi connectivity index (χ3n) is 3.48. The molecule has 0 aliphatic carbocycles. The summed E-state index contributed by atoms with van der Waals surface area (Å²) in [5.74, 6) is 0.728. The molecule has 1 aromatic carbocycles. The minimum absolute atomic E-state index is 0.0534. The van der Waals surface area contributed by atoms with Gasteiger partial charge in [-0.2, -0.15) is 4.98 Å². The van der Waals surface area contributed by atoms with Crippen LogP contribution in [0.4, 0.5) is 4.39 Å². The van der Waals surface area contributed by atoms with Gasteiger partial charge in [0.25, 0.3) is 5.89 Å². The second-order valence-corrected chi connectivity index (χ2v) is 4.97. The van der Waals surface area contributed by atoms with E-state index in [-0.39, 0.29) is 18.4 Å². The van der Waals surface area contributed by atoms with Crippen molar-refractivity contribution in [3.63, 3.8) is 0 Å². The Balaban J connectivity index is 1.64. The molecule has 0 spiro atoms. The van der Waals surface area contributed by atoms with Crippen molar-refractivity contribution in [1.29, 1.82) is 0 Å². The molecule has 6 nitrogen and oxygen atoms in total. The second kappa shape index (κ2) is 6.19. The van der Waals surface area contributed by atoms with Crippen molar-refractivity contribution in [2.45, 2.75) is 12.6 Å². The van der Waals surface area contributed by atoms with Crippen LogP contribution in [0.2, 0.25) is 0 Å². The molecule has 0 amide bonds. The lowest BCUT2D eigenvalue weighted by molar-refractivity contribution is 0.189. The Hall–Kier alpha value is -1.99. The summed E-state index contributed by atoms with van der Waals surface area (Å²) in [5, 5.41) is 7.28. The van der Waals surface area contributed by atoms with E-state index in [0.29, 0.717) is 11.7 Å². The molecule has 0 saturated carbocycles. The molecule has 21 heavy (non-hydrogen) atoms. The van der Waals surface area contributed by atoms with E-state index in [4.69, 9.17) is 9.26 Å². The predicted molar refractivity (Wildman–Crippen MR) is 73.3 cm³/mol. The van der Waals surface area contributed by atoms with Crippen molar-refractivity contribution < 1.29 is 13.7 Å². The van der Waals surface area contributed by atoms with E-state index >= 15 is 0 Å². The molecule has 0 radical (unpaired) electrons. The molecule has 3 rings (SSSR count). The van der Waals surface area contributed by atoms with Crippen LogP contribution in [0.3, 0.4) is 0 Å². The number of halogens is 1. The topological polar surface area (TPSA) is 63.4 Å². The highest BCUT2D eigenvalue weighted by Gasteiger charge is 2.25. The summed E-state index contributed by atoms with van der Waals surface area (Å²) >= 11 is 0. The molecule has 0 bridgehead atoms. The summed E-state index contributed by atoms with van der Waals surface area (Å²) in [6, 6.07) is 6.31. The SMILES string of the molecule is CN1CCNCC1c1noc(COc2ccccc2F)n1. The minimum atomic E-state index is -0.409. The van der Waals surface area contributed by atoms with Crippen LogP contribution in [0.1, 0.15) is 17.8 Å². The minimum Gasteiger partial charge on any atom is -0.481 e. The number of para-hydroxylation sites is 1.